The highest BCUT2D eigenvalue weighted by Crippen LogP contribution is 2.31. The fraction of sp³-hybridized carbons (Fsp3) is 0.250. The largest absolute Gasteiger partial charge is 0.484 e. The first-order valence-electron chi connectivity index (χ1n) is 8.77. The molecule has 1 amide bonds. The molecule has 3 rings (SSSR count). The van der Waals surface area contributed by atoms with Gasteiger partial charge in [0, 0.05) is 0 Å². The molecule has 6 nitrogen and oxygen atoms in total. The number of thioether (sulfide) groups is 1. The number of ether oxygens (including phenoxy) is 1. The fourth-order valence-electron chi connectivity index (χ4n) is 2.39. The number of halogens is 2. The molecule has 3 aromatic rings. The van der Waals surface area contributed by atoms with Crippen molar-refractivity contribution in [1.82, 2.24) is 10.2 Å². The van der Waals surface area contributed by atoms with Gasteiger partial charge in [0.15, 0.2) is 6.61 Å². The first-order chi connectivity index (χ1) is 13.8. The number of anilines is 1. The summed E-state index contributed by atoms with van der Waals surface area (Å²) in [6.45, 7) is 5.85. The van der Waals surface area contributed by atoms with E-state index < -0.39 is 5.25 Å². The summed E-state index contributed by atoms with van der Waals surface area (Å²) < 4.78 is 11.3. The van der Waals surface area contributed by atoms with E-state index in [2.05, 4.69) is 15.5 Å². The maximum Gasteiger partial charge on any atom is 0.277 e. The van der Waals surface area contributed by atoms with Crippen molar-refractivity contribution in [3.8, 4) is 5.75 Å². The summed E-state index contributed by atoms with van der Waals surface area (Å²) >= 11 is 13.2. The predicted molar refractivity (Wildman–Crippen MR) is 115 cm³/mol. The number of amides is 1. The molecule has 1 heterocycles. The van der Waals surface area contributed by atoms with Crippen molar-refractivity contribution >= 4 is 46.6 Å². The van der Waals surface area contributed by atoms with Crippen LogP contribution in [-0.4, -0.2) is 21.4 Å². The molecule has 0 aliphatic rings. The average molecular weight is 452 g/mol. The normalized spacial score (nSPS) is 11.9. The van der Waals surface area contributed by atoms with Gasteiger partial charge in [0.25, 0.3) is 11.1 Å². The number of hydrogen-bond acceptors (Lipinski definition) is 6. The third-order valence-electron chi connectivity index (χ3n) is 4.00. The second-order valence-electron chi connectivity index (χ2n) is 6.37. The molecule has 152 valence electrons. The number of aryl methyl sites for hydroxylation is 2. The number of carbonyl (C=O) groups is 1. The van der Waals surface area contributed by atoms with E-state index in [9.17, 15) is 4.79 Å². The molecule has 0 spiro atoms. The van der Waals surface area contributed by atoms with Crippen LogP contribution in [0.25, 0.3) is 0 Å². The zero-order valence-electron chi connectivity index (χ0n) is 16.0. The van der Waals surface area contributed by atoms with Gasteiger partial charge in [-0.1, -0.05) is 53.2 Å². The predicted octanol–water partition coefficient (Wildman–Crippen LogP) is 5.69. The van der Waals surface area contributed by atoms with E-state index in [1.54, 1.807) is 25.1 Å². The minimum absolute atomic E-state index is 0.149. The molecule has 0 fully saturated rings. The highest BCUT2D eigenvalue weighted by Gasteiger charge is 2.20. The first kappa shape index (κ1) is 21.5. The first-order valence-corrected chi connectivity index (χ1v) is 10.4. The molecule has 0 aliphatic carbocycles. The maximum absolute atomic E-state index is 12.4. The Morgan fingerprint density at radius 3 is 2.83 bits per heavy atom. The van der Waals surface area contributed by atoms with Gasteiger partial charge in [-0.05, 0) is 50.1 Å². The van der Waals surface area contributed by atoms with Gasteiger partial charge in [-0.15, -0.1) is 10.2 Å². The summed E-state index contributed by atoms with van der Waals surface area (Å²) in [6, 6.07) is 11.0. The Labute approximate surface area is 182 Å². The summed E-state index contributed by atoms with van der Waals surface area (Å²) in [6.07, 6.45) is 0. The monoisotopic (exact) mass is 451 g/mol. The molecule has 1 N–H and O–H groups in total. The van der Waals surface area contributed by atoms with E-state index in [0.717, 1.165) is 28.6 Å². The summed E-state index contributed by atoms with van der Waals surface area (Å²) in [5.41, 5.74) is 2.58. The summed E-state index contributed by atoms with van der Waals surface area (Å²) in [4.78, 5) is 12.4. The van der Waals surface area contributed by atoms with Gasteiger partial charge in [-0.2, -0.15) is 0 Å². The molecule has 0 bridgehead atoms. The van der Waals surface area contributed by atoms with E-state index >= 15 is 0 Å². The lowest BCUT2D eigenvalue weighted by Gasteiger charge is -2.11. The molecule has 29 heavy (non-hydrogen) atoms. The van der Waals surface area contributed by atoms with Gasteiger partial charge in [-0.25, -0.2) is 0 Å². The van der Waals surface area contributed by atoms with Crippen molar-refractivity contribution in [2.24, 2.45) is 0 Å². The quantitative estimate of drug-likeness (QED) is 0.464. The lowest BCUT2D eigenvalue weighted by molar-refractivity contribution is -0.115. The number of hydrogen-bond donors (Lipinski definition) is 1. The number of nitrogens with one attached hydrogen (secondary N) is 1. The SMILES string of the molecule is Cc1ccc(C)c(OCc2nnc(SC(C)C(=O)Nc3cccc(Cl)c3Cl)o2)c1. The van der Waals surface area contributed by atoms with Crippen LogP contribution in [0, 0.1) is 13.8 Å². The van der Waals surface area contributed by atoms with Crippen molar-refractivity contribution in [3.05, 3.63) is 63.5 Å². The number of carbonyl (C=O) groups excluding carboxylic acids is 1. The molecule has 1 atom stereocenters. The Morgan fingerprint density at radius 1 is 1.24 bits per heavy atom. The fourth-order valence-corrected chi connectivity index (χ4v) is 3.43. The smallest absolute Gasteiger partial charge is 0.277 e. The van der Waals surface area contributed by atoms with Crippen molar-refractivity contribution in [2.75, 3.05) is 5.32 Å². The summed E-state index contributed by atoms with van der Waals surface area (Å²) in [5.74, 6) is 0.841. The molecule has 9 heteroatoms. The van der Waals surface area contributed by atoms with Gasteiger partial charge in [-0.3, -0.25) is 4.79 Å². The highest BCUT2D eigenvalue weighted by atomic mass is 35.5. The van der Waals surface area contributed by atoms with Crippen LogP contribution in [-0.2, 0) is 11.4 Å². The van der Waals surface area contributed by atoms with Gasteiger partial charge >= 0.3 is 0 Å². The molecule has 0 saturated carbocycles. The van der Waals surface area contributed by atoms with E-state index in [0.29, 0.717) is 21.6 Å². The van der Waals surface area contributed by atoms with Crippen molar-refractivity contribution < 1.29 is 13.9 Å². The van der Waals surface area contributed by atoms with E-state index in [1.807, 2.05) is 32.0 Å². The lowest BCUT2D eigenvalue weighted by atomic mass is 10.1. The van der Waals surface area contributed by atoms with Gasteiger partial charge in [0.1, 0.15) is 5.75 Å². The Bertz CT molecular complexity index is 1030. The Kier molecular flexibility index (Phi) is 7.05. The van der Waals surface area contributed by atoms with Crippen molar-refractivity contribution in [1.29, 1.82) is 0 Å². The minimum Gasteiger partial charge on any atom is -0.484 e. The second-order valence-corrected chi connectivity index (χ2v) is 8.45. The van der Waals surface area contributed by atoms with Crippen LogP contribution in [0.1, 0.15) is 23.9 Å². The van der Waals surface area contributed by atoms with Crippen LogP contribution in [0.5, 0.6) is 5.75 Å². The third-order valence-corrected chi connectivity index (χ3v) is 5.75. The molecular weight excluding hydrogens is 433 g/mol. The highest BCUT2D eigenvalue weighted by molar-refractivity contribution is 8.00. The van der Waals surface area contributed by atoms with Gasteiger partial charge in [0.05, 0.1) is 21.0 Å². The zero-order chi connectivity index (χ0) is 21.0. The minimum atomic E-state index is -0.488. The maximum atomic E-state index is 12.4. The van der Waals surface area contributed by atoms with Crippen LogP contribution in [0.4, 0.5) is 5.69 Å². The molecular formula is C20H19Cl2N3O3S. The van der Waals surface area contributed by atoms with E-state index in [-0.39, 0.29) is 17.7 Å². The Balaban J connectivity index is 1.57. The molecule has 2 aromatic carbocycles. The molecule has 0 saturated heterocycles. The summed E-state index contributed by atoms with van der Waals surface area (Å²) in [5, 5.41) is 11.1. The Hall–Kier alpha value is -2.22. The molecule has 1 unspecified atom stereocenters. The van der Waals surface area contributed by atoms with Crippen LogP contribution < -0.4 is 10.1 Å². The van der Waals surface area contributed by atoms with Crippen LogP contribution in [0.15, 0.2) is 46.0 Å². The molecule has 0 radical (unpaired) electrons. The third kappa shape index (κ3) is 5.65. The average Bonchev–Trinajstić information content (AvgIpc) is 3.13. The number of benzene rings is 2. The number of aromatic nitrogens is 2. The van der Waals surface area contributed by atoms with Crippen molar-refractivity contribution in [2.45, 2.75) is 37.9 Å². The topological polar surface area (TPSA) is 77.2 Å². The number of nitrogens with zero attached hydrogens (tertiary/aromatic N) is 2. The molecule has 1 aromatic heterocycles. The lowest BCUT2D eigenvalue weighted by Crippen LogP contribution is -2.22. The summed E-state index contributed by atoms with van der Waals surface area (Å²) in [7, 11) is 0. The van der Waals surface area contributed by atoms with Crippen molar-refractivity contribution in [3.63, 3.8) is 0 Å². The second kappa shape index (κ2) is 9.52. The molecule has 0 aliphatic heterocycles. The Morgan fingerprint density at radius 2 is 2.03 bits per heavy atom. The van der Waals surface area contributed by atoms with Crippen LogP contribution in [0.2, 0.25) is 10.0 Å². The van der Waals surface area contributed by atoms with Gasteiger partial charge in [0.2, 0.25) is 5.91 Å². The number of rotatable bonds is 7. The van der Waals surface area contributed by atoms with E-state index in [1.165, 1.54) is 0 Å². The van der Waals surface area contributed by atoms with Crippen LogP contribution >= 0.6 is 35.0 Å². The standard InChI is InChI=1S/C20H19Cl2N3O3S/c1-11-7-8-12(2)16(9-11)27-10-17-24-25-20(28-17)29-13(3)19(26)23-15-6-4-5-14(21)18(15)22/h4-9,13H,10H2,1-3H3,(H,23,26). The van der Waals surface area contributed by atoms with Gasteiger partial charge < -0.3 is 14.5 Å². The zero-order valence-corrected chi connectivity index (χ0v) is 18.4. The van der Waals surface area contributed by atoms with Crippen LogP contribution in [0.3, 0.4) is 0 Å². The van der Waals surface area contributed by atoms with E-state index in [4.69, 9.17) is 32.4 Å².